The highest BCUT2D eigenvalue weighted by Crippen LogP contribution is 2.24. The SMILES string of the molecule is C[C@H]1COCCN1c1cc(CO)nc(-c2ccc(NC(=O)N(C)C)cc2)n1. The summed E-state index contributed by atoms with van der Waals surface area (Å²) in [7, 11) is 3.37. The van der Waals surface area contributed by atoms with Crippen LogP contribution in [0.2, 0.25) is 0 Å². The van der Waals surface area contributed by atoms with E-state index in [1.807, 2.05) is 30.3 Å². The number of ether oxygens (including phenoxy) is 1. The Kier molecular flexibility index (Phi) is 5.88. The predicted molar refractivity (Wildman–Crippen MR) is 104 cm³/mol. The van der Waals surface area contributed by atoms with Gasteiger partial charge in [-0.15, -0.1) is 0 Å². The van der Waals surface area contributed by atoms with Gasteiger partial charge in [-0.1, -0.05) is 0 Å². The van der Waals surface area contributed by atoms with Crippen molar-refractivity contribution in [3.63, 3.8) is 0 Å². The predicted octanol–water partition coefficient (Wildman–Crippen LogP) is 1.95. The molecule has 0 spiro atoms. The molecule has 0 radical (unpaired) electrons. The van der Waals surface area contributed by atoms with Crippen LogP contribution in [0, 0.1) is 0 Å². The number of urea groups is 1. The molecule has 2 N–H and O–H groups in total. The molecule has 0 aliphatic carbocycles. The van der Waals surface area contributed by atoms with Crippen molar-refractivity contribution in [3.05, 3.63) is 36.0 Å². The Bertz CT molecular complexity index is 794. The summed E-state index contributed by atoms with van der Waals surface area (Å²) in [4.78, 5) is 24.5. The second-order valence-corrected chi connectivity index (χ2v) is 6.72. The maximum absolute atomic E-state index is 11.7. The Morgan fingerprint density at radius 3 is 2.70 bits per heavy atom. The highest BCUT2D eigenvalue weighted by atomic mass is 16.5. The maximum atomic E-state index is 11.7. The second-order valence-electron chi connectivity index (χ2n) is 6.72. The third-order valence-electron chi connectivity index (χ3n) is 4.39. The number of benzene rings is 1. The number of nitrogens with one attached hydrogen (secondary N) is 1. The van der Waals surface area contributed by atoms with E-state index >= 15 is 0 Å². The van der Waals surface area contributed by atoms with Crippen molar-refractivity contribution in [1.29, 1.82) is 0 Å². The van der Waals surface area contributed by atoms with E-state index in [1.165, 1.54) is 4.90 Å². The molecule has 1 saturated heterocycles. The third kappa shape index (κ3) is 4.53. The summed E-state index contributed by atoms with van der Waals surface area (Å²) < 4.78 is 5.49. The van der Waals surface area contributed by atoms with Gasteiger partial charge in [0, 0.05) is 38.0 Å². The van der Waals surface area contributed by atoms with Crippen molar-refractivity contribution in [1.82, 2.24) is 14.9 Å². The average molecular weight is 371 g/mol. The van der Waals surface area contributed by atoms with E-state index in [9.17, 15) is 9.90 Å². The number of hydrogen-bond acceptors (Lipinski definition) is 6. The third-order valence-corrected chi connectivity index (χ3v) is 4.39. The standard InChI is InChI=1S/C19H25N5O3/c1-13-12-27-9-8-24(13)17-10-16(11-25)20-18(22-17)14-4-6-15(7-5-14)21-19(26)23(2)3/h4-7,10,13,25H,8-9,11-12H2,1-3H3,(H,21,26)/t13-/m0/s1. The number of morpholine rings is 1. The summed E-state index contributed by atoms with van der Waals surface area (Å²) in [6.45, 7) is 3.98. The lowest BCUT2D eigenvalue weighted by Crippen LogP contribution is -2.44. The molecule has 144 valence electrons. The molecular formula is C19H25N5O3. The normalized spacial score (nSPS) is 16.9. The Morgan fingerprint density at radius 1 is 1.33 bits per heavy atom. The minimum Gasteiger partial charge on any atom is -0.390 e. The molecular weight excluding hydrogens is 346 g/mol. The van der Waals surface area contributed by atoms with E-state index in [0.29, 0.717) is 30.4 Å². The number of carbonyl (C=O) groups is 1. The van der Waals surface area contributed by atoms with Crippen LogP contribution in [0.4, 0.5) is 16.3 Å². The monoisotopic (exact) mass is 371 g/mol. The fraction of sp³-hybridized carbons (Fsp3) is 0.421. The largest absolute Gasteiger partial charge is 0.390 e. The summed E-state index contributed by atoms with van der Waals surface area (Å²) >= 11 is 0. The Balaban J connectivity index is 1.87. The van der Waals surface area contributed by atoms with Gasteiger partial charge in [0.2, 0.25) is 0 Å². The number of nitrogens with zero attached hydrogens (tertiary/aromatic N) is 4. The maximum Gasteiger partial charge on any atom is 0.321 e. The molecule has 8 nitrogen and oxygen atoms in total. The minimum atomic E-state index is -0.190. The highest BCUT2D eigenvalue weighted by Gasteiger charge is 2.21. The molecule has 8 heteroatoms. The van der Waals surface area contributed by atoms with Gasteiger partial charge in [0.05, 0.1) is 31.6 Å². The molecule has 1 aliphatic rings. The van der Waals surface area contributed by atoms with Crippen molar-refractivity contribution in [2.75, 3.05) is 44.1 Å². The van der Waals surface area contributed by atoms with Gasteiger partial charge in [-0.25, -0.2) is 14.8 Å². The van der Waals surface area contributed by atoms with Crippen LogP contribution in [0.15, 0.2) is 30.3 Å². The summed E-state index contributed by atoms with van der Waals surface area (Å²) in [5, 5.41) is 12.4. The van der Waals surface area contributed by atoms with Crippen LogP contribution in [0.3, 0.4) is 0 Å². The van der Waals surface area contributed by atoms with E-state index in [1.54, 1.807) is 14.1 Å². The molecule has 27 heavy (non-hydrogen) atoms. The number of anilines is 2. The van der Waals surface area contributed by atoms with Crippen molar-refractivity contribution < 1.29 is 14.6 Å². The molecule has 2 heterocycles. The van der Waals surface area contributed by atoms with E-state index in [4.69, 9.17) is 9.72 Å². The first-order valence-corrected chi connectivity index (χ1v) is 8.90. The zero-order valence-corrected chi connectivity index (χ0v) is 15.8. The first kappa shape index (κ1) is 19.1. The van der Waals surface area contributed by atoms with Crippen LogP contribution in [-0.4, -0.2) is 65.9 Å². The second kappa shape index (κ2) is 8.32. The minimum absolute atomic E-state index is 0.155. The van der Waals surface area contributed by atoms with Crippen LogP contribution in [0.25, 0.3) is 11.4 Å². The fourth-order valence-corrected chi connectivity index (χ4v) is 2.85. The van der Waals surface area contributed by atoms with Crippen molar-refractivity contribution >= 4 is 17.5 Å². The van der Waals surface area contributed by atoms with Crippen molar-refractivity contribution in [2.24, 2.45) is 0 Å². The smallest absolute Gasteiger partial charge is 0.321 e. The summed E-state index contributed by atoms with van der Waals surface area (Å²) in [5.74, 6) is 1.32. The molecule has 0 saturated carbocycles. The molecule has 1 fully saturated rings. The van der Waals surface area contributed by atoms with Gasteiger partial charge in [-0.05, 0) is 31.2 Å². The Hall–Kier alpha value is -2.71. The van der Waals surface area contributed by atoms with E-state index in [0.717, 1.165) is 17.9 Å². The molecule has 1 aromatic carbocycles. The number of hydrogen-bond donors (Lipinski definition) is 2. The number of aliphatic hydroxyl groups excluding tert-OH is 1. The van der Waals surface area contributed by atoms with Crippen LogP contribution < -0.4 is 10.2 Å². The van der Waals surface area contributed by atoms with Crippen LogP contribution in [0.5, 0.6) is 0 Å². The van der Waals surface area contributed by atoms with Crippen LogP contribution >= 0.6 is 0 Å². The van der Waals surface area contributed by atoms with Crippen LogP contribution in [-0.2, 0) is 11.3 Å². The molecule has 2 aromatic rings. The number of amides is 2. The Morgan fingerprint density at radius 2 is 2.07 bits per heavy atom. The molecule has 0 unspecified atom stereocenters. The van der Waals surface area contributed by atoms with Crippen molar-refractivity contribution in [3.8, 4) is 11.4 Å². The lowest BCUT2D eigenvalue weighted by molar-refractivity contribution is 0.0985. The van der Waals surface area contributed by atoms with E-state index in [-0.39, 0.29) is 18.7 Å². The van der Waals surface area contributed by atoms with Gasteiger partial charge in [0.25, 0.3) is 0 Å². The van der Waals surface area contributed by atoms with Crippen LogP contribution in [0.1, 0.15) is 12.6 Å². The molecule has 0 bridgehead atoms. The van der Waals surface area contributed by atoms with Crippen molar-refractivity contribution in [2.45, 2.75) is 19.6 Å². The first-order chi connectivity index (χ1) is 13.0. The van der Waals surface area contributed by atoms with Gasteiger partial charge in [-0.3, -0.25) is 0 Å². The zero-order valence-electron chi connectivity index (χ0n) is 15.8. The summed E-state index contributed by atoms with van der Waals surface area (Å²) in [5.41, 5.74) is 2.08. The molecule has 1 aliphatic heterocycles. The number of rotatable bonds is 4. The zero-order chi connectivity index (χ0) is 19.4. The summed E-state index contributed by atoms with van der Waals surface area (Å²) in [6, 6.07) is 9.16. The average Bonchev–Trinajstić information content (AvgIpc) is 2.68. The molecule has 2 amide bonds. The molecule has 3 rings (SSSR count). The van der Waals surface area contributed by atoms with E-state index in [2.05, 4.69) is 22.1 Å². The highest BCUT2D eigenvalue weighted by molar-refractivity contribution is 5.89. The first-order valence-electron chi connectivity index (χ1n) is 8.90. The lowest BCUT2D eigenvalue weighted by Gasteiger charge is -2.34. The fourth-order valence-electron chi connectivity index (χ4n) is 2.85. The number of aromatic nitrogens is 2. The van der Waals surface area contributed by atoms with Gasteiger partial charge < -0.3 is 25.0 Å². The van der Waals surface area contributed by atoms with Gasteiger partial charge in [0.1, 0.15) is 5.82 Å². The van der Waals surface area contributed by atoms with E-state index < -0.39 is 0 Å². The van der Waals surface area contributed by atoms with Gasteiger partial charge >= 0.3 is 6.03 Å². The van der Waals surface area contributed by atoms with Gasteiger partial charge in [-0.2, -0.15) is 0 Å². The summed E-state index contributed by atoms with van der Waals surface area (Å²) in [6.07, 6.45) is 0. The molecule has 1 atom stereocenters. The Labute approximate surface area is 158 Å². The number of carbonyl (C=O) groups excluding carboxylic acids is 1. The van der Waals surface area contributed by atoms with Gasteiger partial charge in [0.15, 0.2) is 5.82 Å². The molecule has 1 aromatic heterocycles. The quantitative estimate of drug-likeness (QED) is 0.854. The topological polar surface area (TPSA) is 90.8 Å². The number of aliphatic hydroxyl groups is 1. The lowest BCUT2D eigenvalue weighted by atomic mass is 10.2.